The zero-order valence-corrected chi connectivity index (χ0v) is 17.0. The molecule has 3 N–H and O–H groups in total. The second-order valence-electron chi connectivity index (χ2n) is 7.08. The molecule has 9 heteroatoms. The molecule has 0 saturated carbocycles. The van der Waals surface area contributed by atoms with Gasteiger partial charge in [0.25, 0.3) is 5.91 Å². The molecule has 1 aromatic heterocycles. The van der Waals surface area contributed by atoms with E-state index in [-0.39, 0.29) is 17.0 Å². The molecule has 28 heavy (non-hydrogen) atoms. The van der Waals surface area contributed by atoms with Crippen molar-refractivity contribution in [1.29, 1.82) is 0 Å². The normalized spacial score (nSPS) is 12.3. The fraction of sp³-hybridized carbons (Fsp3) is 0.368. The highest BCUT2D eigenvalue weighted by Gasteiger charge is 2.19. The molecule has 1 heterocycles. The minimum Gasteiger partial charge on any atom is -0.469 e. The van der Waals surface area contributed by atoms with Gasteiger partial charge in [0, 0.05) is 33.5 Å². The van der Waals surface area contributed by atoms with Gasteiger partial charge in [-0.05, 0) is 52.0 Å². The van der Waals surface area contributed by atoms with Crippen LogP contribution in [0, 0.1) is 12.7 Å². The SMILES string of the molecule is Cc1occc1C(=O)Nc1cc(NC(=O)NCCS(=O)C(C)(C)C)ccc1F. The van der Waals surface area contributed by atoms with Gasteiger partial charge in [0.05, 0.1) is 17.5 Å². The molecule has 7 nitrogen and oxygen atoms in total. The van der Waals surface area contributed by atoms with E-state index in [1.54, 1.807) is 6.92 Å². The number of aryl methyl sites for hydroxylation is 1. The number of halogens is 1. The summed E-state index contributed by atoms with van der Waals surface area (Å²) in [7, 11) is -1.08. The van der Waals surface area contributed by atoms with Crippen LogP contribution in [-0.2, 0) is 10.8 Å². The van der Waals surface area contributed by atoms with Crippen molar-refractivity contribution in [3.8, 4) is 0 Å². The van der Waals surface area contributed by atoms with Gasteiger partial charge in [0.15, 0.2) is 0 Å². The summed E-state index contributed by atoms with van der Waals surface area (Å²) in [5.41, 5.74) is 0.523. The molecule has 0 spiro atoms. The van der Waals surface area contributed by atoms with Crippen LogP contribution < -0.4 is 16.0 Å². The number of rotatable bonds is 6. The third-order valence-electron chi connectivity index (χ3n) is 3.83. The van der Waals surface area contributed by atoms with E-state index in [0.717, 1.165) is 6.07 Å². The summed E-state index contributed by atoms with van der Waals surface area (Å²) in [5.74, 6) is -0.414. The maximum Gasteiger partial charge on any atom is 0.319 e. The molecule has 0 bridgehead atoms. The summed E-state index contributed by atoms with van der Waals surface area (Å²) in [5, 5.41) is 7.61. The number of hydrogen-bond acceptors (Lipinski definition) is 4. The predicted molar refractivity (Wildman–Crippen MR) is 108 cm³/mol. The number of amides is 3. The lowest BCUT2D eigenvalue weighted by Crippen LogP contribution is -2.35. The molecule has 0 saturated heterocycles. The first-order valence-corrected chi connectivity index (χ1v) is 9.98. The van der Waals surface area contributed by atoms with Crippen LogP contribution in [-0.4, -0.2) is 33.2 Å². The average Bonchev–Trinajstić information content (AvgIpc) is 3.03. The van der Waals surface area contributed by atoms with E-state index >= 15 is 0 Å². The van der Waals surface area contributed by atoms with Crippen molar-refractivity contribution < 1.29 is 22.6 Å². The van der Waals surface area contributed by atoms with Gasteiger partial charge in [-0.25, -0.2) is 9.18 Å². The first kappa shape index (κ1) is 21.6. The maximum absolute atomic E-state index is 14.0. The third kappa shape index (κ3) is 5.91. The van der Waals surface area contributed by atoms with Crippen LogP contribution in [0.5, 0.6) is 0 Å². The number of furan rings is 1. The van der Waals surface area contributed by atoms with Crippen LogP contribution in [0.25, 0.3) is 0 Å². The number of carbonyl (C=O) groups excluding carboxylic acids is 2. The van der Waals surface area contributed by atoms with Gasteiger partial charge in [0.1, 0.15) is 11.6 Å². The van der Waals surface area contributed by atoms with Crippen molar-refractivity contribution in [3.05, 3.63) is 47.7 Å². The van der Waals surface area contributed by atoms with Crippen molar-refractivity contribution >= 4 is 34.1 Å². The molecule has 1 atom stereocenters. The summed E-state index contributed by atoms with van der Waals surface area (Å²) in [6.45, 7) is 7.45. The number of anilines is 2. The van der Waals surface area contributed by atoms with Gasteiger partial charge in [0.2, 0.25) is 0 Å². The third-order valence-corrected chi connectivity index (χ3v) is 5.77. The van der Waals surface area contributed by atoms with E-state index in [2.05, 4.69) is 16.0 Å². The fourth-order valence-corrected chi connectivity index (χ4v) is 3.15. The van der Waals surface area contributed by atoms with E-state index < -0.39 is 28.6 Å². The molecule has 1 unspecified atom stereocenters. The van der Waals surface area contributed by atoms with Crippen LogP contribution in [0.3, 0.4) is 0 Å². The lowest BCUT2D eigenvalue weighted by Gasteiger charge is -2.17. The minimum absolute atomic E-state index is 0.0720. The van der Waals surface area contributed by atoms with Crippen molar-refractivity contribution in [2.75, 3.05) is 22.9 Å². The van der Waals surface area contributed by atoms with E-state index in [4.69, 9.17) is 4.42 Å². The molecule has 0 fully saturated rings. The summed E-state index contributed by atoms with van der Waals surface area (Å²) in [6.07, 6.45) is 1.37. The first-order chi connectivity index (χ1) is 13.1. The second kappa shape index (κ2) is 9.01. The molecule has 0 aliphatic heterocycles. The van der Waals surface area contributed by atoms with E-state index in [1.165, 1.54) is 24.5 Å². The number of hydrogen-bond donors (Lipinski definition) is 3. The number of benzene rings is 1. The average molecular weight is 409 g/mol. The van der Waals surface area contributed by atoms with Gasteiger partial charge in [-0.1, -0.05) is 0 Å². The molecular weight excluding hydrogens is 385 g/mol. The van der Waals surface area contributed by atoms with Gasteiger partial charge in [-0.15, -0.1) is 0 Å². The van der Waals surface area contributed by atoms with Crippen molar-refractivity contribution in [2.24, 2.45) is 0 Å². The first-order valence-electron chi connectivity index (χ1n) is 8.66. The molecule has 2 aromatic rings. The topological polar surface area (TPSA) is 100 Å². The van der Waals surface area contributed by atoms with Crippen LogP contribution in [0.1, 0.15) is 36.9 Å². The number of nitrogens with one attached hydrogen (secondary N) is 3. The van der Waals surface area contributed by atoms with E-state index in [1.807, 2.05) is 20.8 Å². The van der Waals surface area contributed by atoms with Crippen LogP contribution in [0.4, 0.5) is 20.6 Å². The Balaban J connectivity index is 1.95. The minimum atomic E-state index is -1.08. The Hall–Kier alpha value is -2.68. The molecule has 0 radical (unpaired) electrons. The van der Waals surface area contributed by atoms with Gasteiger partial charge in [-0.3, -0.25) is 9.00 Å². The van der Waals surface area contributed by atoms with Gasteiger partial charge >= 0.3 is 6.03 Å². The molecule has 3 amide bonds. The molecule has 1 aromatic carbocycles. The molecule has 152 valence electrons. The lowest BCUT2D eigenvalue weighted by molar-refractivity contribution is 0.102. The highest BCUT2D eigenvalue weighted by molar-refractivity contribution is 7.86. The maximum atomic E-state index is 14.0. The fourth-order valence-electron chi connectivity index (χ4n) is 2.25. The summed E-state index contributed by atoms with van der Waals surface area (Å²) >= 11 is 0. The number of urea groups is 1. The van der Waals surface area contributed by atoms with Crippen LogP contribution in [0.2, 0.25) is 0 Å². The smallest absolute Gasteiger partial charge is 0.319 e. The zero-order valence-electron chi connectivity index (χ0n) is 16.2. The van der Waals surface area contributed by atoms with Gasteiger partial charge in [-0.2, -0.15) is 0 Å². The lowest BCUT2D eigenvalue weighted by atomic mass is 10.2. The molecular formula is C19H24FN3O4S. The highest BCUT2D eigenvalue weighted by Crippen LogP contribution is 2.21. The second-order valence-corrected chi connectivity index (χ2v) is 9.41. The molecule has 2 rings (SSSR count). The number of carbonyl (C=O) groups is 2. The summed E-state index contributed by atoms with van der Waals surface area (Å²) < 4.78 is 30.7. The standard InChI is InChI=1S/C19H24FN3O4S/c1-12-14(7-9-27-12)17(24)23-16-11-13(5-6-15(16)20)22-18(25)21-8-10-28(26)19(2,3)4/h5-7,9,11H,8,10H2,1-4H3,(H,23,24)(H2,21,22,25). The van der Waals surface area contributed by atoms with E-state index in [0.29, 0.717) is 22.8 Å². The zero-order chi connectivity index (χ0) is 20.9. The Morgan fingerprint density at radius 3 is 2.50 bits per heavy atom. The Bertz CT molecular complexity index is 890. The van der Waals surface area contributed by atoms with E-state index in [9.17, 15) is 18.2 Å². The monoisotopic (exact) mass is 409 g/mol. The Labute approximate surface area is 165 Å². The predicted octanol–water partition coefficient (Wildman–Crippen LogP) is 3.65. The Kier molecular flexibility index (Phi) is 6.95. The highest BCUT2D eigenvalue weighted by atomic mass is 32.2. The Morgan fingerprint density at radius 2 is 1.89 bits per heavy atom. The largest absolute Gasteiger partial charge is 0.469 e. The van der Waals surface area contributed by atoms with Crippen LogP contribution in [0.15, 0.2) is 34.9 Å². The van der Waals surface area contributed by atoms with Gasteiger partial charge < -0.3 is 20.4 Å². The molecule has 0 aliphatic rings. The van der Waals surface area contributed by atoms with Crippen molar-refractivity contribution in [1.82, 2.24) is 5.32 Å². The summed E-state index contributed by atoms with van der Waals surface area (Å²) in [6, 6.07) is 4.80. The quantitative estimate of drug-likeness (QED) is 0.678. The summed E-state index contributed by atoms with van der Waals surface area (Å²) in [4.78, 5) is 24.2. The Morgan fingerprint density at radius 1 is 1.18 bits per heavy atom. The van der Waals surface area contributed by atoms with Crippen molar-refractivity contribution in [3.63, 3.8) is 0 Å². The molecule has 0 aliphatic carbocycles. The van der Waals surface area contributed by atoms with Crippen LogP contribution >= 0.6 is 0 Å². The van der Waals surface area contributed by atoms with Crippen molar-refractivity contribution in [2.45, 2.75) is 32.4 Å².